The Labute approximate surface area is 166 Å². The molecule has 5 heteroatoms. The Kier molecular flexibility index (Phi) is 7.06. The fraction of sp³-hybridized carbons (Fsp3) is 0.391. The lowest BCUT2D eigenvalue weighted by Crippen LogP contribution is -2.36. The molecule has 0 spiro atoms. The Bertz CT molecular complexity index is 796. The molecule has 2 aromatic carbocycles. The van der Waals surface area contributed by atoms with Crippen molar-refractivity contribution in [1.82, 2.24) is 10.6 Å². The SMILES string of the molecule is COc1cccc(CCNC(=O)c2ccc(C(=O)NC3CCCCC3)cc2)c1. The third-order valence-electron chi connectivity index (χ3n) is 5.18. The van der Waals surface area contributed by atoms with Gasteiger partial charge in [0, 0.05) is 23.7 Å². The van der Waals surface area contributed by atoms with Gasteiger partial charge >= 0.3 is 0 Å². The van der Waals surface area contributed by atoms with Crippen molar-refractivity contribution >= 4 is 11.8 Å². The first-order valence-electron chi connectivity index (χ1n) is 9.98. The molecule has 0 bridgehead atoms. The minimum atomic E-state index is -0.137. The maximum atomic E-state index is 12.4. The topological polar surface area (TPSA) is 67.4 Å². The molecule has 1 aliphatic carbocycles. The van der Waals surface area contributed by atoms with E-state index in [0.717, 1.165) is 30.6 Å². The number of carbonyl (C=O) groups excluding carboxylic acids is 2. The van der Waals surface area contributed by atoms with Crippen LogP contribution in [0.25, 0.3) is 0 Å². The number of carbonyl (C=O) groups is 2. The summed E-state index contributed by atoms with van der Waals surface area (Å²) in [4.78, 5) is 24.7. The fourth-order valence-electron chi connectivity index (χ4n) is 3.54. The highest BCUT2D eigenvalue weighted by atomic mass is 16.5. The molecule has 28 heavy (non-hydrogen) atoms. The summed E-state index contributed by atoms with van der Waals surface area (Å²) in [6.07, 6.45) is 6.46. The number of hydrogen-bond acceptors (Lipinski definition) is 3. The quantitative estimate of drug-likeness (QED) is 0.769. The Morgan fingerprint density at radius 3 is 2.32 bits per heavy atom. The number of nitrogens with one attached hydrogen (secondary N) is 2. The number of benzene rings is 2. The zero-order chi connectivity index (χ0) is 19.8. The van der Waals surface area contributed by atoms with E-state index < -0.39 is 0 Å². The lowest BCUT2D eigenvalue weighted by Gasteiger charge is -2.22. The van der Waals surface area contributed by atoms with Gasteiger partial charge in [0.05, 0.1) is 7.11 Å². The zero-order valence-corrected chi connectivity index (χ0v) is 16.4. The van der Waals surface area contributed by atoms with Gasteiger partial charge < -0.3 is 15.4 Å². The highest BCUT2D eigenvalue weighted by Gasteiger charge is 2.16. The second-order valence-electron chi connectivity index (χ2n) is 7.24. The number of hydrogen-bond donors (Lipinski definition) is 2. The molecule has 2 N–H and O–H groups in total. The van der Waals surface area contributed by atoms with Crippen molar-refractivity contribution < 1.29 is 14.3 Å². The Morgan fingerprint density at radius 2 is 1.64 bits per heavy atom. The van der Waals surface area contributed by atoms with Crippen molar-refractivity contribution in [1.29, 1.82) is 0 Å². The van der Waals surface area contributed by atoms with Crippen LogP contribution in [0, 0.1) is 0 Å². The van der Waals surface area contributed by atoms with Crippen molar-refractivity contribution in [3.05, 3.63) is 65.2 Å². The third kappa shape index (κ3) is 5.59. The van der Waals surface area contributed by atoms with E-state index in [2.05, 4.69) is 10.6 Å². The Hall–Kier alpha value is -2.82. The molecule has 2 aromatic rings. The molecule has 0 unspecified atom stereocenters. The average molecular weight is 380 g/mol. The van der Waals surface area contributed by atoms with Crippen LogP contribution < -0.4 is 15.4 Å². The van der Waals surface area contributed by atoms with E-state index >= 15 is 0 Å². The van der Waals surface area contributed by atoms with Gasteiger partial charge in [-0.05, 0) is 61.2 Å². The molecular formula is C23H28N2O3. The van der Waals surface area contributed by atoms with E-state index in [-0.39, 0.29) is 17.9 Å². The first-order valence-corrected chi connectivity index (χ1v) is 9.98. The lowest BCUT2D eigenvalue weighted by molar-refractivity contribution is 0.0923. The van der Waals surface area contributed by atoms with Crippen LogP contribution in [0.2, 0.25) is 0 Å². The molecular weight excluding hydrogens is 352 g/mol. The summed E-state index contributed by atoms with van der Waals surface area (Å²) in [6.45, 7) is 0.538. The van der Waals surface area contributed by atoms with Crippen molar-refractivity contribution in [3.8, 4) is 5.75 Å². The molecule has 0 radical (unpaired) electrons. The molecule has 2 amide bonds. The second-order valence-corrected chi connectivity index (χ2v) is 7.24. The minimum Gasteiger partial charge on any atom is -0.497 e. The van der Waals surface area contributed by atoms with E-state index in [4.69, 9.17) is 4.74 Å². The van der Waals surface area contributed by atoms with Gasteiger partial charge in [-0.15, -0.1) is 0 Å². The van der Waals surface area contributed by atoms with Gasteiger partial charge in [0.2, 0.25) is 0 Å². The lowest BCUT2D eigenvalue weighted by atomic mass is 9.95. The molecule has 0 atom stereocenters. The first-order chi connectivity index (χ1) is 13.7. The Morgan fingerprint density at radius 1 is 0.964 bits per heavy atom. The second kappa shape index (κ2) is 9.93. The average Bonchev–Trinajstić information content (AvgIpc) is 2.74. The predicted molar refractivity (Wildman–Crippen MR) is 110 cm³/mol. The summed E-state index contributed by atoms with van der Waals surface area (Å²) in [7, 11) is 1.64. The van der Waals surface area contributed by atoms with Crippen LogP contribution in [-0.2, 0) is 6.42 Å². The van der Waals surface area contributed by atoms with Gasteiger partial charge in [0.15, 0.2) is 0 Å². The normalized spacial score (nSPS) is 14.3. The largest absolute Gasteiger partial charge is 0.497 e. The summed E-state index contributed by atoms with van der Waals surface area (Å²) in [5.74, 6) is 0.616. The number of ether oxygens (including phenoxy) is 1. The number of methoxy groups -OCH3 is 1. The molecule has 3 rings (SSSR count). The molecule has 0 aliphatic heterocycles. The van der Waals surface area contributed by atoms with Crippen LogP contribution in [0.1, 0.15) is 58.4 Å². The van der Waals surface area contributed by atoms with Gasteiger partial charge in [0.25, 0.3) is 11.8 Å². The number of rotatable bonds is 7. The molecule has 1 fully saturated rings. The molecule has 5 nitrogen and oxygen atoms in total. The van der Waals surface area contributed by atoms with Crippen molar-refractivity contribution in [2.45, 2.75) is 44.6 Å². The summed E-state index contributed by atoms with van der Waals surface area (Å²) >= 11 is 0. The highest BCUT2D eigenvalue weighted by Crippen LogP contribution is 2.18. The van der Waals surface area contributed by atoms with Crippen LogP contribution in [0.3, 0.4) is 0 Å². The van der Waals surface area contributed by atoms with Crippen molar-refractivity contribution in [2.24, 2.45) is 0 Å². The van der Waals surface area contributed by atoms with Crippen molar-refractivity contribution in [3.63, 3.8) is 0 Å². The molecule has 0 aromatic heterocycles. The highest BCUT2D eigenvalue weighted by molar-refractivity contribution is 5.97. The van der Waals surface area contributed by atoms with Gasteiger partial charge in [-0.25, -0.2) is 0 Å². The Balaban J connectivity index is 1.48. The smallest absolute Gasteiger partial charge is 0.251 e. The molecule has 1 saturated carbocycles. The fourth-order valence-corrected chi connectivity index (χ4v) is 3.54. The molecule has 0 heterocycles. The molecule has 0 saturated heterocycles. The maximum Gasteiger partial charge on any atom is 0.251 e. The van der Waals surface area contributed by atoms with Crippen LogP contribution in [-0.4, -0.2) is 31.5 Å². The standard InChI is InChI=1S/C23H28N2O3/c1-28-21-9-5-6-17(16-21)14-15-24-22(26)18-10-12-19(13-11-18)23(27)25-20-7-3-2-4-8-20/h5-6,9-13,16,20H,2-4,7-8,14-15H2,1H3,(H,24,26)(H,25,27). The summed E-state index contributed by atoms with van der Waals surface area (Å²) in [5, 5.41) is 6.01. The third-order valence-corrected chi connectivity index (χ3v) is 5.18. The summed E-state index contributed by atoms with van der Waals surface area (Å²) in [5.41, 5.74) is 2.26. The van der Waals surface area contributed by atoms with Crippen LogP contribution in [0.4, 0.5) is 0 Å². The minimum absolute atomic E-state index is 0.0584. The molecule has 1 aliphatic rings. The van der Waals surface area contributed by atoms with E-state index in [1.165, 1.54) is 19.3 Å². The first kappa shape index (κ1) is 19.9. The summed E-state index contributed by atoms with van der Waals surface area (Å²) in [6, 6.07) is 14.9. The van der Waals surface area contributed by atoms with E-state index in [1.54, 1.807) is 31.4 Å². The monoisotopic (exact) mass is 380 g/mol. The van der Waals surface area contributed by atoms with E-state index in [0.29, 0.717) is 17.7 Å². The maximum absolute atomic E-state index is 12.4. The molecule has 148 valence electrons. The van der Waals surface area contributed by atoms with Crippen LogP contribution in [0.15, 0.2) is 48.5 Å². The number of amides is 2. The zero-order valence-electron chi connectivity index (χ0n) is 16.4. The van der Waals surface area contributed by atoms with Gasteiger partial charge in [-0.3, -0.25) is 9.59 Å². The van der Waals surface area contributed by atoms with Gasteiger partial charge in [-0.1, -0.05) is 31.4 Å². The summed E-state index contributed by atoms with van der Waals surface area (Å²) < 4.78 is 5.21. The van der Waals surface area contributed by atoms with E-state index in [1.807, 2.05) is 24.3 Å². The van der Waals surface area contributed by atoms with Gasteiger partial charge in [-0.2, -0.15) is 0 Å². The van der Waals surface area contributed by atoms with E-state index in [9.17, 15) is 9.59 Å². The van der Waals surface area contributed by atoms with Crippen molar-refractivity contribution in [2.75, 3.05) is 13.7 Å². The van der Waals surface area contributed by atoms with Crippen LogP contribution in [0.5, 0.6) is 5.75 Å². The van der Waals surface area contributed by atoms with Crippen LogP contribution >= 0.6 is 0 Å². The van der Waals surface area contributed by atoms with Gasteiger partial charge in [0.1, 0.15) is 5.75 Å². The predicted octanol–water partition coefficient (Wildman–Crippen LogP) is 3.73.